The Balaban J connectivity index is 1.64. The summed E-state index contributed by atoms with van der Waals surface area (Å²) in [6.45, 7) is 1.97. The van der Waals surface area contributed by atoms with Gasteiger partial charge in [0.05, 0.1) is 12.4 Å². The quantitative estimate of drug-likeness (QED) is 0.499. The van der Waals surface area contributed by atoms with Gasteiger partial charge in [-0.2, -0.15) is 0 Å². The maximum absolute atomic E-state index is 12.5. The number of rotatable bonds is 8. The summed E-state index contributed by atoms with van der Waals surface area (Å²) < 4.78 is 5.11. The summed E-state index contributed by atoms with van der Waals surface area (Å²) >= 11 is 2.84. The van der Waals surface area contributed by atoms with E-state index in [0.717, 1.165) is 4.90 Å². The third-order valence-electron chi connectivity index (χ3n) is 4.05. The molecule has 1 aromatic heterocycles. The van der Waals surface area contributed by atoms with Crippen LogP contribution in [0.4, 0.5) is 10.8 Å². The Kier molecular flexibility index (Phi) is 7.26. The molecule has 0 aliphatic rings. The molecule has 1 atom stereocenters. The number of carbonyl (C=O) groups is 2. The molecule has 0 bridgehead atoms. The first-order valence-electron chi connectivity index (χ1n) is 9.01. The summed E-state index contributed by atoms with van der Waals surface area (Å²) in [5, 5.41) is 7.88. The number of aromatic nitrogens is 1. The average molecular weight is 428 g/mol. The van der Waals surface area contributed by atoms with Gasteiger partial charge in [0.1, 0.15) is 5.75 Å². The van der Waals surface area contributed by atoms with Crippen molar-refractivity contribution in [2.75, 3.05) is 17.7 Å². The molecule has 150 valence electrons. The normalized spacial score (nSPS) is 11.5. The molecule has 2 aromatic carbocycles. The van der Waals surface area contributed by atoms with Crippen LogP contribution in [0.1, 0.15) is 23.7 Å². The summed E-state index contributed by atoms with van der Waals surface area (Å²) in [5.74, 6) is 0.407. The summed E-state index contributed by atoms with van der Waals surface area (Å²) in [4.78, 5) is 30.0. The predicted molar refractivity (Wildman–Crippen MR) is 118 cm³/mol. The Hall–Kier alpha value is -2.84. The van der Waals surface area contributed by atoms with Crippen molar-refractivity contribution in [1.29, 1.82) is 0 Å². The average Bonchev–Trinajstić information content (AvgIpc) is 3.25. The van der Waals surface area contributed by atoms with Gasteiger partial charge >= 0.3 is 0 Å². The summed E-state index contributed by atoms with van der Waals surface area (Å²) in [7, 11) is 1.58. The van der Waals surface area contributed by atoms with Crippen LogP contribution in [-0.2, 0) is 4.79 Å². The first-order chi connectivity index (χ1) is 14.1. The molecular formula is C21H21N3O3S2. The van der Waals surface area contributed by atoms with Gasteiger partial charge in [0.25, 0.3) is 5.91 Å². The van der Waals surface area contributed by atoms with E-state index in [1.807, 2.05) is 36.6 Å². The van der Waals surface area contributed by atoms with Crippen molar-refractivity contribution in [3.63, 3.8) is 0 Å². The monoisotopic (exact) mass is 427 g/mol. The Labute approximate surface area is 177 Å². The fraction of sp³-hybridized carbons (Fsp3) is 0.190. The number of thiazole rings is 1. The van der Waals surface area contributed by atoms with Crippen LogP contribution >= 0.6 is 23.1 Å². The van der Waals surface area contributed by atoms with Crippen molar-refractivity contribution in [2.24, 2.45) is 0 Å². The molecule has 3 rings (SSSR count). The maximum Gasteiger partial charge on any atom is 0.255 e. The molecule has 0 fully saturated rings. The highest BCUT2D eigenvalue weighted by Crippen LogP contribution is 2.29. The van der Waals surface area contributed by atoms with Gasteiger partial charge in [0, 0.05) is 27.7 Å². The van der Waals surface area contributed by atoms with E-state index in [9.17, 15) is 9.59 Å². The second kappa shape index (κ2) is 10.1. The van der Waals surface area contributed by atoms with Crippen LogP contribution in [0.5, 0.6) is 5.75 Å². The number of hydrogen-bond donors (Lipinski definition) is 2. The Morgan fingerprint density at radius 2 is 1.97 bits per heavy atom. The lowest BCUT2D eigenvalue weighted by Crippen LogP contribution is -2.24. The van der Waals surface area contributed by atoms with Gasteiger partial charge in [0.2, 0.25) is 5.91 Å². The molecule has 0 aliphatic carbocycles. The van der Waals surface area contributed by atoms with Gasteiger partial charge < -0.3 is 15.4 Å². The molecule has 0 saturated carbocycles. The summed E-state index contributed by atoms with van der Waals surface area (Å²) in [6.07, 6.45) is 2.33. The SMILES string of the molecule is CCC(Sc1cccc(NC(=O)c2ccc(OC)cc2)c1)C(=O)Nc1nccs1. The second-order valence-electron chi connectivity index (χ2n) is 6.05. The predicted octanol–water partition coefficient (Wildman–Crippen LogP) is 4.91. The number of thioether (sulfide) groups is 1. The van der Waals surface area contributed by atoms with Gasteiger partial charge in [-0.25, -0.2) is 4.98 Å². The third-order valence-corrected chi connectivity index (χ3v) is 6.09. The Morgan fingerprint density at radius 1 is 1.17 bits per heavy atom. The van der Waals surface area contributed by atoms with Crippen LogP contribution in [0, 0.1) is 0 Å². The standard InChI is InChI=1S/C21H21N3O3S2/c1-3-18(20(26)24-21-22-11-12-28-21)29-17-6-4-5-15(13-17)23-19(25)14-7-9-16(27-2)10-8-14/h4-13,18H,3H2,1-2H3,(H,23,25)(H,22,24,26). The molecule has 1 unspecified atom stereocenters. The number of methoxy groups -OCH3 is 1. The smallest absolute Gasteiger partial charge is 0.255 e. The van der Waals surface area contributed by atoms with E-state index < -0.39 is 0 Å². The zero-order valence-electron chi connectivity index (χ0n) is 16.0. The largest absolute Gasteiger partial charge is 0.497 e. The van der Waals surface area contributed by atoms with Crippen LogP contribution in [0.2, 0.25) is 0 Å². The molecule has 2 N–H and O–H groups in total. The lowest BCUT2D eigenvalue weighted by Gasteiger charge is -2.14. The van der Waals surface area contributed by atoms with Gasteiger partial charge in [-0.05, 0) is 48.9 Å². The van der Waals surface area contributed by atoms with Crippen LogP contribution in [-0.4, -0.2) is 29.2 Å². The lowest BCUT2D eigenvalue weighted by atomic mass is 10.2. The molecule has 0 radical (unpaired) electrons. The minimum atomic E-state index is -0.258. The van der Waals surface area contributed by atoms with Gasteiger partial charge in [0.15, 0.2) is 5.13 Å². The van der Waals surface area contributed by atoms with E-state index >= 15 is 0 Å². The molecule has 6 nitrogen and oxygen atoms in total. The van der Waals surface area contributed by atoms with Crippen molar-refractivity contribution in [3.8, 4) is 5.75 Å². The van der Waals surface area contributed by atoms with E-state index in [1.54, 1.807) is 37.6 Å². The van der Waals surface area contributed by atoms with Gasteiger partial charge in [-0.1, -0.05) is 13.0 Å². The highest BCUT2D eigenvalue weighted by molar-refractivity contribution is 8.00. The number of amides is 2. The summed E-state index contributed by atoms with van der Waals surface area (Å²) in [6, 6.07) is 14.4. The van der Waals surface area contributed by atoms with E-state index in [1.165, 1.54) is 23.1 Å². The van der Waals surface area contributed by atoms with Crippen molar-refractivity contribution < 1.29 is 14.3 Å². The molecule has 2 amide bonds. The molecule has 1 heterocycles. The number of nitrogens with one attached hydrogen (secondary N) is 2. The topological polar surface area (TPSA) is 80.3 Å². The number of carbonyl (C=O) groups excluding carboxylic acids is 2. The van der Waals surface area contributed by atoms with Crippen molar-refractivity contribution in [1.82, 2.24) is 4.98 Å². The van der Waals surface area contributed by atoms with Crippen LogP contribution in [0.3, 0.4) is 0 Å². The first kappa shape index (κ1) is 20.9. The number of ether oxygens (including phenoxy) is 1. The highest BCUT2D eigenvalue weighted by atomic mass is 32.2. The van der Waals surface area contributed by atoms with Crippen molar-refractivity contribution >= 4 is 45.7 Å². The minimum Gasteiger partial charge on any atom is -0.497 e. The number of anilines is 2. The number of hydrogen-bond acceptors (Lipinski definition) is 6. The molecule has 8 heteroatoms. The van der Waals surface area contributed by atoms with E-state index in [-0.39, 0.29) is 17.1 Å². The van der Waals surface area contributed by atoms with E-state index in [0.29, 0.717) is 28.6 Å². The highest BCUT2D eigenvalue weighted by Gasteiger charge is 2.19. The molecule has 0 aliphatic heterocycles. The number of benzene rings is 2. The molecule has 29 heavy (non-hydrogen) atoms. The first-order valence-corrected chi connectivity index (χ1v) is 10.8. The Bertz CT molecular complexity index is 960. The number of nitrogens with zero attached hydrogens (tertiary/aromatic N) is 1. The van der Waals surface area contributed by atoms with Gasteiger partial charge in [-0.15, -0.1) is 23.1 Å². The van der Waals surface area contributed by atoms with Crippen LogP contribution in [0.25, 0.3) is 0 Å². The lowest BCUT2D eigenvalue weighted by molar-refractivity contribution is -0.115. The van der Waals surface area contributed by atoms with Crippen molar-refractivity contribution in [2.45, 2.75) is 23.5 Å². The maximum atomic E-state index is 12.5. The molecular weight excluding hydrogens is 406 g/mol. The molecule has 0 spiro atoms. The van der Waals surface area contributed by atoms with Crippen LogP contribution in [0.15, 0.2) is 65.0 Å². The van der Waals surface area contributed by atoms with Gasteiger partial charge in [-0.3, -0.25) is 9.59 Å². The van der Waals surface area contributed by atoms with E-state index in [4.69, 9.17) is 4.74 Å². The third kappa shape index (κ3) is 5.82. The Morgan fingerprint density at radius 3 is 2.62 bits per heavy atom. The van der Waals surface area contributed by atoms with Crippen LogP contribution < -0.4 is 15.4 Å². The second-order valence-corrected chi connectivity index (χ2v) is 8.22. The minimum absolute atomic E-state index is 0.0832. The molecule has 0 saturated heterocycles. The van der Waals surface area contributed by atoms with Crippen molar-refractivity contribution in [3.05, 3.63) is 65.7 Å². The zero-order chi connectivity index (χ0) is 20.6. The molecule has 3 aromatic rings. The summed E-state index contributed by atoms with van der Waals surface area (Å²) in [5.41, 5.74) is 1.21. The fourth-order valence-corrected chi connectivity index (χ4v) is 4.10. The zero-order valence-corrected chi connectivity index (χ0v) is 17.7. The fourth-order valence-electron chi connectivity index (χ4n) is 2.55. The van der Waals surface area contributed by atoms with E-state index in [2.05, 4.69) is 15.6 Å².